The zero-order chi connectivity index (χ0) is 24.9. The number of carbonyl (C=O) groups is 1. The van der Waals surface area contributed by atoms with Gasteiger partial charge in [0.2, 0.25) is 0 Å². The number of likely N-dealkylation sites (tertiary alicyclic amines) is 1. The molecule has 0 aromatic heterocycles. The first-order valence-electron chi connectivity index (χ1n) is 12.4. The van der Waals surface area contributed by atoms with E-state index < -0.39 is 5.97 Å². The van der Waals surface area contributed by atoms with Crippen LogP contribution in [0, 0.1) is 5.92 Å². The predicted octanol–water partition coefficient (Wildman–Crippen LogP) is 6.31. The third-order valence-electron chi connectivity index (χ3n) is 7.07. The van der Waals surface area contributed by atoms with Crippen LogP contribution in [-0.2, 0) is 11.4 Å². The zero-order valence-electron chi connectivity index (χ0n) is 20.5. The van der Waals surface area contributed by atoms with Crippen LogP contribution in [0.2, 0.25) is 0 Å². The lowest BCUT2D eigenvalue weighted by Gasteiger charge is -2.37. The summed E-state index contributed by atoms with van der Waals surface area (Å²) in [5, 5.41) is 11.9. The molecule has 36 heavy (non-hydrogen) atoms. The fourth-order valence-corrected chi connectivity index (χ4v) is 5.11. The average Bonchev–Trinajstić information content (AvgIpc) is 2.93. The maximum Gasteiger partial charge on any atom is 0.306 e. The Morgan fingerprint density at radius 3 is 2.25 bits per heavy atom. The molecule has 1 aliphatic heterocycles. The molecule has 1 unspecified atom stereocenters. The van der Waals surface area contributed by atoms with Gasteiger partial charge in [-0.15, -0.1) is 0 Å². The van der Waals surface area contributed by atoms with Gasteiger partial charge in [-0.05, 0) is 71.6 Å². The number of rotatable bonds is 8. The minimum Gasteiger partial charge on any atom is -0.493 e. The molecule has 0 bridgehead atoms. The van der Waals surface area contributed by atoms with Crippen molar-refractivity contribution in [2.24, 2.45) is 5.92 Å². The van der Waals surface area contributed by atoms with Gasteiger partial charge in [0.15, 0.2) is 11.5 Å². The molecular weight excluding hydrogens is 450 g/mol. The summed E-state index contributed by atoms with van der Waals surface area (Å²) in [6.07, 6.45) is 1.30. The SMILES string of the molecule is COc1cc(C(c2ccc3ccccc3c2)N2CCC(C(=O)O)CC2)ccc1OCc1ccccc1. The number of piperidine rings is 1. The van der Waals surface area contributed by atoms with Crippen molar-refractivity contribution in [1.29, 1.82) is 0 Å². The molecule has 0 aliphatic carbocycles. The van der Waals surface area contributed by atoms with E-state index in [2.05, 4.69) is 59.5 Å². The van der Waals surface area contributed by atoms with Crippen molar-refractivity contribution in [3.05, 3.63) is 108 Å². The number of fused-ring (bicyclic) bond motifs is 1. The fourth-order valence-electron chi connectivity index (χ4n) is 5.11. The van der Waals surface area contributed by atoms with Gasteiger partial charge in [0.05, 0.1) is 19.1 Å². The Hall–Kier alpha value is -3.83. The summed E-state index contributed by atoms with van der Waals surface area (Å²) in [6.45, 7) is 1.92. The van der Waals surface area contributed by atoms with Crippen LogP contribution < -0.4 is 9.47 Å². The summed E-state index contributed by atoms with van der Waals surface area (Å²) in [5.74, 6) is 0.418. The number of ether oxygens (including phenoxy) is 2. The lowest BCUT2D eigenvalue weighted by Crippen LogP contribution is -2.39. The quantitative estimate of drug-likeness (QED) is 0.319. The van der Waals surface area contributed by atoms with Crippen molar-refractivity contribution in [3.8, 4) is 11.5 Å². The van der Waals surface area contributed by atoms with E-state index in [0.717, 1.165) is 24.2 Å². The lowest BCUT2D eigenvalue weighted by atomic mass is 9.90. The maximum absolute atomic E-state index is 11.6. The van der Waals surface area contributed by atoms with Crippen molar-refractivity contribution in [3.63, 3.8) is 0 Å². The molecule has 0 spiro atoms. The molecule has 0 radical (unpaired) electrons. The van der Waals surface area contributed by atoms with Gasteiger partial charge in [0.1, 0.15) is 6.61 Å². The van der Waals surface area contributed by atoms with Gasteiger partial charge >= 0.3 is 5.97 Å². The van der Waals surface area contributed by atoms with E-state index in [1.54, 1.807) is 7.11 Å². The number of benzene rings is 4. The molecule has 0 saturated carbocycles. The molecule has 5 nitrogen and oxygen atoms in total. The first-order chi connectivity index (χ1) is 17.6. The Morgan fingerprint density at radius 1 is 0.861 bits per heavy atom. The van der Waals surface area contributed by atoms with Gasteiger partial charge in [-0.3, -0.25) is 9.69 Å². The molecule has 184 valence electrons. The molecule has 1 heterocycles. The van der Waals surface area contributed by atoms with Crippen LogP contribution in [0.3, 0.4) is 0 Å². The molecule has 1 aliphatic rings. The minimum atomic E-state index is -0.696. The second-order valence-corrected chi connectivity index (χ2v) is 9.34. The highest BCUT2D eigenvalue weighted by molar-refractivity contribution is 5.83. The molecule has 5 heteroatoms. The highest BCUT2D eigenvalue weighted by atomic mass is 16.5. The highest BCUT2D eigenvalue weighted by Gasteiger charge is 2.30. The number of hydrogen-bond donors (Lipinski definition) is 1. The van der Waals surface area contributed by atoms with E-state index in [9.17, 15) is 9.90 Å². The molecule has 1 fully saturated rings. The van der Waals surface area contributed by atoms with Crippen LogP contribution in [0.15, 0.2) is 91.0 Å². The molecule has 1 saturated heterocycles. The monoisotopic (exact) mass is 481 g/mol. The third-order valence-corrected chi connectivity index (χ3v) is 7.07. The Bertz CT molecular complexity index is 1330. The van der Waals surface area contributed by atoms with Crippen LogP contribution in [0.4, 0.5) is 0 Å². The second kappa shape index (κ2) is 10.8. The molecule has 1 atom stereocenters. The standard InChI is InChI=1S/C31H31NO4/c1-35-29-20-27(13-14-28(29)36-21-22-7-3-2-4-8-22)30(32-17-15-24(16-18-32)31(33)34)26-12-11-23-9-5-6-10-25(23)19-26/h2-14,19-20,24,30H,15-18,21H2,1H3,(H,33,34). The van der Waals surface area contributed by atoms with Crippen LogP contribution in [0.5, 0.6) is 11.5 Å². The topological polar surface area (TPSA) is 59.0 Å². The summed E-state index contributed by atoms with van der Waals surface area (Å²) < 4.78 is 11.8. The van der Waals surface area contributed by atoms with E-state index >= 15 is 0 Å². The number of carboxylic acid groups (broad SMARTS) is 1. The van der Waals surface area contributed by atoms with Gasteiger partial charge in [0, 0.05) is 0 Å². The Kier molecular flexibility index (Phi) is 7.19. The van der Waals surface area contributed by atoms with Gasteiger partial charge in [-0.2, -0.15) is 0 Å². The average molecular weight is 482 g/mol. The molecule has 0 amide bonds. The zero-order valence-corrected chi connectivity index (χ0v) is 20.5. The smallest absolute Gasteiger partial charge is 0.306 e. The van der Waals surface area contributed by atoms with E-state index in [1.165, 1.54) is 16.3 Å². The van der Waals surface area contributed by atoms with Crippen LogP contribution in [0.25, 0.3) is 10.8 Å². The third kappa shape index (κ3) is 5.21. The number of carboxylic acids is 1. The van der Waals surface area contributed by atoms with Gasteiger partial charge in [-0.1, -0.05) is 72.8 Å². The number of methoxy groups -OCH3 is 1. The van der Waals surface area contributed by atoms with Crippen molar-refractivity contribution in [2.45, 2.75) is 25.5 Å². The molecule has 4 aromatic rings. The van der Waals surface area contributed by atoms with E-state index in [1.807, 2.05) is 36.4 Å². The van der Waals surface area contributed by atoms with Crippen molar-refractivity contribution >= 4 is 16.7 Å². The summed E-state index contributed by atoms with van der Waals surface area (Å²) in [5.41, 5.74) is 3.38. The summed E-state index contributed by atoms with van der Waals surface area (Å²) in [7, 11) is 1.66. The Morgan fingerprint density at radius 2 is 1.53 bits per heavy atom. The lowest BCUT2D eigenvalue weighted by molar-refractivity contribution is -0.143. The van der Waals surface area contributed by atoms with Crippen molar-refractivity contribution in [1.82, 2.24) is 4.90 Å². The van der Waals surface area contributed by atoms with Crippen molar-refractivity contribution < 1.29 is 19.4 Å². The van der Waals surface area contributed by atoms with Crippen LogP contribution >= 0.6 is 0 Å². The highest BCUT2D eigenvalue weighted by Crippen LogP contribution is 2.38. The first-order valence-corrected chi connectivity index (χ1v) is 12.4. The van der Waals surface area contributed by atoms with E-state index in [4.69, 9.17) is 9.47 Å². The van der Waals surface area contributed by atoms with Crippen molar-refractivity contribution in [2.75, 3.05) is 20.2 Å². The van der Waals surface area contributed by atoms with E-state index in [-0.39, 0.29) is 12.0 Å². The first kappa shape index (κ1) is 23.9. The Balaban J connectivity index is 1.47. The maximum atomic E-state index is 11.6. The number of nitrogens with zero attached hydrogens (tertiary/aromatic N) is 1. The number of hydrogen-bond acceptors (Lipinski definition) is 4. The number of aliphatic carboxylic acids is 1. The second-order valence-electron chi connectivity index (χ2n) is 9.34. The summed E-state index contributed by atoms with van der Waals surface area (Å²) in [6, 6.07) is 31.2. The summed E-state index contributed by atoms with van der Waals surface area (Å²) in [4.78, 5) is 13.9. The van der Waals surface area contributed by atoms with Gasteiger partial charge < -0.3 is 14.6 Å². The van der Waals surface area contributed by atoms with Gasteiger partial charge in [0.25, 0.3) is 0 Å². The predicted molar refractivity (Wildman–Crippen MR) is 141 cm³/mol. The minimum absolute atomic E-state index is 0.0126. The molecular formula is C31H31NO4. The largest absolute Gasteiger partial charge is 0.493 e. The van der Waals surface area contributed by atoms with Crippen LogP contribution in [-0.4, -0.2) is 36.2 Å². The fraction of sp³-hybridized carbons (Fsp3) is 0.258. The normalized spacial score (nSPS) is 15.5. The Labute approximate surface area is 211 Å². The molecule has 4 aromatic carbocycles. The van der Waals surface area contributed by atoms with E-state index in [0.29, 0.717) is 30.9 Å². The van der Waals surface area contributed by atoms with Gasteiger partial charge in [-0.25, -0.2) is 0 Å². The summed E-state index contributed by atoms with van der Waals surface area (Å²) >= 11 is 0. The van der Waals surface area contributed by atoms with Crippen LogP contribution in [0.1, 0.15) is 35.6 Å². The molecule has 5 rings (SSSR count). The molecule has 1 N–H and O–H groups in total.